The van der Waals surface area contributed by atoms with Gasteiger partial charge in [-0.2, -0.15) is 0 Å². The molecule has 1 aliphatic carbocycles. The standard InChI is InChI=1S/C16H28N2O2/c1-5-16(4)15(20)17-13(11(2)3)14(19)18(16)12-9-7-6-8-10-12/h11-13H,5-10H2,1-4H3,(H,17,20). The fraction of sp³-hybridized carbons (Fsp3) is 0.875. The van der Waals surface area contributed by atoms with Gasteiger partial charge < -0.3 is 10.2 Å². The lowest BCUT2D eigenvalue weighted by Crippen LogP contribution is -2.72. The second-order valence-corrected chi connectivity index (χ2v) is 6.82. The molecule has 2 fully saturated rings. The maximum atomic E-state index is 12.9. The van der Waals surface area contributed by atoms with Crippen LogP contribution in [0, 0.1) is 5.92 Å². The molecule has 0 spiro atoms. The molecule has 2 unspecified atom stereocenters. The van der Waals surface area contributed by atoms with E-state index in [0.29, 0.717) is 6.42 Å². The molecule has 1 saturated heterocycles. The molecule has 114 valence electrons. The third kappa shape index (κ3) is 2.45. The summed E-state index contributed by atoms with van der Waals surface area (Å²) in [5.74, 6) is 0.277. The van der Waals surface area contributed by atoms with Gasteiger partial charge in [-0.3, -0.25) is 9.59 Å². The Hall–Kier alpha value is -1.06. The average molecular weight is 280 g/mol. The van der Waals surface area contributed by atoms with Crippen LogP contribution in [-0.2, 0) is 9.59 Å². The molecule has 2 rings (SSSR count). The molecule has 4 nitrogen and oxygen atoms in total. The van der Waals surface area contributed by atoms with Gasteiger partial charge in [-0.15, -0.1) is 0 Å². The van der Waals surface area contributed by atoms with Crippen LogP contribution in [0.1, 0.15) is 66.2 Å². The number of hydrogen-bond donors (Lipinski definition) is 1. The topological polar surface area (TPSA) is 49.4 Å². The molecular formula is C16H28N2O2. The number of nitrogens with one attached hydrogen (secondary N) is 1. The van der Waals surface area contributed by atoms with E-state index in [2.05, 4.69) is 5.32 Å². The molecule has 1 N–H and O–H groups in total. The van der Waals surface area contributed by atoms with E-state index in [9.17, 15) is 9.59 Å². The minimum atomic E-state index is -0.676. The highest BCUT2D eigenvalue weighted by atomic mass is 16.2. The zero-order valence-corrected chi connectivity index (χ0v) is 13.2. The predicted molar refractivity (Wildman–Crippen MR) is 79.2 cm³/mol. The highest BCUT2D eigenvalue weighted by Gasteiger charge is 2.51. The van der Waals surface area contributed by atoms with Gasteiger partial charge in [0.05, 0.1) is 0 Å². The fourth-order valence-electron chi connectivity index (χ4n) is 3.57. The van der Waals surface area contributed by atoms with Gasteiger partial charge in [0.15, 0.2) is 0 Å². The van der Waals surface area contributed by atoms with Crippen molar-refractivity contribution >= 4 is 11.8 Å². The Balaban J connectivity index is 2.33. The van der Waals surface area contributed by atoms with Crippen molar-refractivity contribution in [2.45, 2.75) is 83.8 Å². The molecule has 2 amide bonds. The van der Waals surface area contributed by atoms with Crippen LogP contribution in [0.25, 0.3) is 0 Å². The summed E-state index contributed by atoms with van der Waals surface area (Å²) in [5.41, 5.74) is -0.676. The fourth-order valence-corrected chi connectivity index (χ4v) is 3.57. The summed E-state index contributed by atoms with van der Waals surface area (Å²) >= 11 is 0. The van der Waals surface area contributed by atoms with Crippen LogP contribution >= 0.6 is 0 Å². The number of nitrogens with zero attached hydrogens (tertiary/aromatic N) is 1. The molecule has 20 heavy (non-hydrogen) atoms. The first-order chi connectivity index (χ1) is 9.41. The van der Waals surface area contributed by atoms with Gasteiger partial charge in [0, 0.05) is 6.04 Å². The molecule has 1 heterocycles. The molecule has 0 aromatic heterocycles. The maximum absolute atomic E-state index is 12.9. The Bertz CT molecular complexity index is 388. The van der Waals surface area contributed by atoms with E-state index in [1.165, 1.54) is 19.3 Å². The van der Waals surface area contributed by atoms with Crippen molar-refractivity contribution in [2.24, 2.45) is 5.92 Å². The molecule has 1 aliphatic heterocycles. The zero-order chi connectivity index (χ0) is 14.9. The Kier molecular flexibility index (Phi) is 4.40. The third-order valence-corrected chi connectivity index (χ3v) is 5.11. The van der Waals surface area contributed by atoms with Crippen LogP contribution < -0.4 is 5.32 Å². The second kappa shape index (κ2) is 5.74. The summed E-state index contributed by atoms with van der Waals surface area (Å²) < 4.78 is 0. The molecule has 0 bridgehead atoms. The lowest BCUT2D eigenvalue weighted by atomic mass is 9.83. The lowest BCUT2D eigenvalue weighted by Gasteiger charge is -2.51. The summed E-state index contributed by atoms with van der Waals surface area (Å²) in [6, 6.07) is -0.113. The van der Waals surface area contributed by atoms with Gasteiger partial charge in [-0.05, 0) is 32.1 Å². The van der Waals surface area contributed by atoms with Crippen molar-refractivity contribution in [2.75, 3.05) is 0 Å². The molecule has 1 saturated carbocycles. The number of rotatable bonds is 3. The molecule has 4 heteroatoms. The van der Waals surface area contributed by atoms with Crippen LogP contribution in [0.4, 0.5) is 0 Å². The summed E-state index contributed by atoms with van der Waals surface area (Å²) in [6.07, 6.45) is 6.34. The number of amides is 2. The third-order valence-electron chi connectivity index (χ3n) is 5.11. The molecule has 0 aromatic carbocycles. The summed E-state index contributed by atoms with van der Waals surface area (Å²) in [4.78, 5) is 27.4. The van der Waals surface area contributed by atoms with E-state index in [1.54, 1.807) is 0 Å². The van der Waals surface area contributed by atoms with Crippen molar-refractivity contribution in [1.82, 2.24) is 10.2 Å². The van der Waals surface area contributed by atoms with Gasteiger partial charge in [-0.25, -0.2) is 0 Å². The van der Waals surface area contributed by atoms with Crippen molar-refractivity contribution < 1.29 is 9.59 Å². The predicted octanol–water partition coefficient (Wildman–Crippen LogP) is 2.47. The summed E-state index contributed by atoms with van der Waals surface area (Å²) in [6.45, 7) is 7.91. The minimum Gasteiger partial charge on any atom is -0.342 e. The van der Waals surface area contributed by atoms with Gasteiger partial charge in [0.2, 0.25) is 11.8 Å². The van der Waals surface area contributed by atoms with Crippen molar-refractivity contribution in [1.29, 1.82) is 0 Å². The van der Waals surface area contributed by atoms with E-state index >= 15 is 0 Å². The van der Waals surface area contributed by atoms with Crippen LogP contribution in [0.2, 0.25) is 0 Å². The quantitative estimate of drug-likeness (QED) is 0.863. The number of carbonyl (C=O) groups is 2. The van der Waals surface area contributed by atoms with E-state index < -0.39 is 5.54 Å². The molecule has 2 aliphatic rings. The first kappa shape index (κ1) is 15.3. The van der Waals surface area contributed by atoms with E-state index in [-0.39, 0.29) is 29.8 Å². The van der Waals surface area contributed by atoms with Gasteiger partial charge in [-0.1, -0.05) is 40.0 Å². The Labute approximate surface area is 122 Å². The van der Waals surface area contributed by atoms with Crippen LogP contribution in [0.3, 0.4) is 0 Å². The Morgan fingerprint density at radius 3 is 2.35 bits per heavy atom. The Morgan fingerprint density at radius 1 is 1.25 bits per heavy atom. The van der Waals surface area contributed by atoms with Crippen molar-refractivity contribution in [3.63, 3.8) is 0 Å². The smallest absolute Gasteiger partial charge is 0.246 e. The van der Waals surface area contributed by atoms with Crippen LogP contribution in [-0.4, -0.2) is 34.3 Å². The lowest BCUT2D eigenvalue weighted by molar-refractivity contribution is -0.162. The SMILES string of the molecule is CCC1(C)C(=O)NC(C(C)C)C(=O)N1C1CCCCC1. The summed E-state index contributed by atoms with van der Waals surface area (Å²) in [7, 11) is 0. The molecule has 2 atom stereocenters. The minimum absolute atomic E-state index is 0.0175. The van der Waals surface area contributed by atoms with Crippen molar-refractivity contribution in [3.8, 4) is 0 Å². The first-order valence-electron chi connectivity index (χ1n) is 8.06. The average Bonchev–Trinajstić information content (AvgIpc) is 2.43. The first-order valence-corrected chi connectivity index (χ1v) is 8.06. The van der Waals surface area contributed by atoms with Crippen molar-refractivity contribution in [3.05, 3.63) is 0 Å². The van der Waals surface area contributed by atoms with E-state index in [0.717, 1.165) is 12.8 Å². The normalized spacial score (nSPS) is 32.6. The highest BCUT2D eigenvalue weighted by molar-refractivity contribution is 5.99. The number of carbonyl (C=O) groups excluding carboxylic acids is 2. The molecule has 0 radical (unpaired) electrons. The van der Waals surface area contributed by atoms with Gasteiger partial charge in [0.25, 0.3) is 0 Å². The Morgan fingerprint density at radius 2 is 1.85 bits per heavy atom. The zero-order valence-electron chi connectivity index (χ0n) is 13.2. The largest absolute Gasteiger partial charge is 0.342 e. The highest BCUT2D eigenvalue weighted by Crippen LogP contribution is 2.34. The number of hydrogen-bond acceptors (Lipinski definition) is 2. The monoisotopic (exact) mass is 280 g/mol. The van der Waals surface area contributed by atoms with Crippen LogP contribution in [0.15, 0.2) is 0 Å². The number of piperazine rings is 1. The second-order valence-electron chi connectivity index (χ2n) is 6.82. The van der Waals surface area contributed by atoms with Gasteiger partial charge in [0.1, 0.15) is 11.6 Å². The van der Waals surface area contributed by atoms with Gasteiger partial charge >= 0.3 is 0 Å². The summed E-state index contributed by atoms with van der Waals surface area (Å²) in [5, 5.41) is 2.95. The molecule has 0 aromatic rings. The van der Waals surface area contributed by atoms with E-state index in [1.807, 2.05) is 32.6 Å². The van der Waals surface area contributed by atoms with Crippen LogP contribution in [0.5, 0.6) is 0 Å². The maximum Gasteiger partial charge on any atom is 0.246 e. The van der Waals surface area contributed by atoms with E-state index in [4.69, 9.17) is 0 Å². The molecular weight excluding hydrogens is 252 g/mol.